The van der Waals surface area contributed by atoms with Crippen molar-refractivity contribution < 1.29 is 14.7 Å². The van der Waals surface area contributed by atoms with Gasteiger partial charge in [0.05, 0.1) is 11.1 Å². The number of pyridine rings is 1. The van der Waals surface area contributed by atoms with E-state index < -0.39 is 11.7 Å². The lowest BCUT2D eigenvalue weighted by Gasteiger charge is -2.11. The van der Waals surface area contributed by atoms with Gasteiger partial charge in [-0.05, 0) is 41.3 Å². The van der Waals surface area contributed by atoms with Gasteiger partial charge in [-0.3, -0.25) is 9.59 Å². The topological polar surface area (TPSA) is 84.8 Å². The van der Waals surface area contributed by atoms with Crippen LogP contribution in [0.2, 0.25) is 0 Å². The number of rotatable bonds is 5. The molecule has 5 nitrogen and oxygen atoms in total. The molecule has 0 saturated heterocycles. The van der Waals surface area contributed by atoms with Crippen molar-refractivity contribution in [3.63, 3.8) is 0 Å². The van der Waals surface area contributed by atoms with E-state index in [1.54, 1.807) is 0 Å². The number of aliphatic hydroxyl groups excluding tert-OH is 1. The van der Waals surface area contributed by atoms with Crippen molar-refractivity contribution in [3.05, 3.63) is 101 Å². The molecule has 5 heteroatoms. The smallest absolute Gasteiger partial charge is 0.289 e. The molecule has 2 heterocycles. The van der Waals surface area contributed by atoms with Crippen molar-refractivity contribution in [2.24, 2.45) is 5.73 Å². The summed E-state index contributed by atoms with van der Waals surface area (Å²) in [6.07, 6.45) is 2.55. The van der Waals surface area contributed by atoms with Crippen LogP contribution in [-0.2, 0) is 11.2 Å². The number of hydrogen-bond acceptors (Lipinski definition) is 3. The number of primary amides is 1. The van der Waals surface area contributed by atoms with E-state index in [1.165, 1.54) is 0 Å². The maximum Gasteiger partial charge on any atom is 0.289 e. The monoisotopic (exact) mass is 400 g/mol. The van der Waals surface area contributed by atoms with Crippen LogP contribution in [-0.4, -0.2) is 28.3 Å². The minimum atomic E-state index is -0.935. The van der Waals surface area contributed by atoms with Crippen molar-refractivity contribution in [1.82, 2.24) is 4.40 Å². The lowest BCUT2D eigenvalue weighted by molar-refractivity contribution is -0.114. The third-order valence-electron chi connectivity index (χ3n) is 5.13. The Morgan fingerprint density at radius 1 is 0.900 bits per heavy atom. The quantitative estimate of drug-likeness (QED) is 0.395. The summed E-state index contributed by atoms with van der Waals surface area (Å²) in [6.45, 7) is 1.88. The fourth-order valence-electron chi connectivity index (χ4n) is 3.78. The predicted molar refractivity (Wildman–Crippen MR) is 118 cm³/mol. The van der Waals surface area contributed by atoms with Gasteiger partial charge in [0.15, 0.2) is 0 Å². The molecule has 0 fully saturated rings. The van der Waals surface area contributed by atoms with Gasteiger partial charge in [-0.1, -0.05) is 60.7 Å². The summed E-state index contributed by atoms with van der Waals surface area (Å²) in [5.74, 6) is -1.58. The molecule has 30 heavy (non-hydrogen) atoms. The number of aromatic nitrogens is 1. The molecule has 0 spiro atoms. The summed E-state index contributed by atoms with van der Waals surface area (Å²) in [5, 5.41) is 7.00. The second kappa shape index (κ2) is 9.20. The summed E-state index contributed by atoms with van der Waals surface area (Å²) in [6, 6.07) is 24.1. The van der Waals surface area contributed by atoms with Crippen molar-refractivity contribution in [3.8, 4) is 11.1 Å². The number of hydrogen-bond donors (Lipinski definition) is 2. The van der Waals surface area contributed by atoms with Crippen LogP contribution in [0.5, 0.6) is 0 Å². The largest absolute Gasteiger partial charge is 0.400 e. The van der Waals surface area contributed by atoms with E-state index in [9.17, 15) is 9.59 Å². The molecule has 4 aromatic rings. The van der Waals surface area contributed by atoms with Crippen LogP contribution in [0.15, 0.2) is 79.0 Å². The van der Waals surface area contributed by atoms with Gasteiger partial charge in [0, 0.05) is 25.4 Å². The third kappa shape index (κ3) is 3.88. The Balaban J connectivity index is 0.00000124. The van der Waals surface area contributed by atoms with E-state index in [-0.39, 0.29) is 0 Å². The average molecular weight is 400 g/mol. The van der Waals surface area contributed by atoms with Crippen molar-refractivity contribution >= 4 is 17.2 Å². The molecular formula is C25H24N2O3. The first-order valence-electron chi connectivity index (χ1n) is 9.58. The summed E-state index contributed by atoms with van der Waals surface area (Å²) in [5.41, 5.74) is 11.6. The number of nitrogens with zero attached hydrogens (tertiary/aromatic N) is 1. The second-order valence-electron chi connectivity index (χ2n) is 6.80. The Morgan fingerprint density at radius 2 is 1.53 bits per heavy atom. The zero-order valence-electron chi connectivity index (χ0n) is 17.0. The number of amides is 1. The molecule has 152 valence electrons. The Hall–Kier alpha value is -3.70. The van der Waals surface area contributed by atoms with Crippen LogP contribution in [0.25, 0.3) is 16.6 Å². The molecule has 1 amide bonds. The molecule has 3 N–H and O–H groups in total. The lowest BCUT2D eigenvalue weighted by Crippen LogP contribution is -2.23. The third-order valence-corrected chi connectivity index (χ3v) is 5.13. The molecule has 0 aliphatic carbocycles. The highest BCUT2D eigenvalue weighted by molar-refractivity contribution is 6.44. The number of ketones is 1. The molecule has 0 bridgehead atoms. The normalized spacial score (nSPS) is 10.4. The molecule has 0 saturated carbocycles. The highest BCUT2D eigenvalue weighted by atomic mass is 16.2. The van der Waals surface area contributed by atoms with Gasteiger partial charge < -0.3 is 15.2 Å². The highest BCUT2D eigenvalue weighted by Crippen LogP contribution is 2.30. The zero-order chi connectivity index (χ0) is 21.7. The van der Waals surface area contributed by atoms with Gasteiger partial charge >= 0.3 is 0 Å². The Bertz CT molecular complexity index is 1190. The van der Waals surface area contributed by atoms with E-state index in [0.29, 0.717) is 17.5 Å². The fourth-order valence-corrected chi connectivity index (χ4v) is 3.78. The van der Waals surface area contributed by atoms with Gasteiger partial charge in [-0.25, -0.2) is 0 Å². The molecule has 4 rings (SSSR count). The standard InChI is InChI=1S/C24H20N2O2.CH4O/c1-16-21(26-14-8-7-13-20(26)22(16)23(27)24(25)28)15-18-11-5-6-12-19(18)17-9-3-2-4-10-17;1-2/h2-14H,15H2,1H3,(H2,25,28);2H,1H3. The van der Waals surface area contributed by atoms with Crippen LogP contribution >= 0.6 is 0 Å². The molecule has 0 aliphatic heterocycles. The van der Waals surface area contributed by atoms with Gasteiger partial charge in [-0.15, -0.1) is 0 Å². The number of carbonyl (C=O) groups is 2. The minimum absolute atomic E-state index is 0.389. The van der Waals surface area contributed by atoms with Crippen LogP contribution in [0, 0.1) is 6.92 Å². The number of Topliss-reactive ketones (excluding diaryl/α,β-unsaturated/α-hetero) is 1. The number of aliphatic hydroxyl groups is 1. The van der Waals surface area contributed by atoms with Crippen molar-refractivity contribution in [1.29, 1.82) is 0 Å². The molecular weight excluding hydrogens is 376 g/mol. The first kappa shape index (κ1) is 21.0. The molecule has 2 aromatic carbocycles. The average Bonchev–Trinajstić information content (AvgIpc) is 3.07. The molecule has 0 atom stereocenters. The van der Waals surface area contributed by atoms with Crippen molar-refractivity contribution in [2.45, 2.75) is 13.3 Å². The molecule has 0 aliphatic rings. The van der Waals surface area contributed by atoms with Crippen LogP contribution in [0.4, 0.5) is 0 Å². The Kier molecular flexibility index (Phi) is 6.45. The van der Waals surface area contributed by atoms with Gasteiger partial charge in [0.25, 0.3) is 11.7 Å². The molecule has 2 aromatic heterocycles. The number of benzene rings is 2. The summed E-state index contributed by atoms with van der Waals surface area (Å²) in [4.78, 5) is 24.0. The molecule has 0 unspecified atom stereocenters. The van der Waals surface area contributed by atoms with Crippen LogP contribution in [0.3, 0.4) is 0 Å². The maximum atomic E-state index is 12.4. The summed E-state index contributed by atoms with van der Waals surface area (Å²) < 4.78 is 1.98. The van der Waals surface area contributed by atoms with Crippen molar-refractivity contribution in [2.75, 3.05) is 7.11 Å². The SMILES string of the molecule is CO.Cc1c(C(=O)C(N)=O)c2ccccn2c1Cc1ccccc1-c1ccccc1. The predicted octanol–water partition coefficient (Wildman–Crippen LogP) is 3.78. The number of nitrogens with two attached hydrogens (primary N) is 1. The number of carbonyl (C=O) groups excluding carboxylic acids is 2. The van der Waals surface area contributed by atoms with E-state index in [4.69, 9.17) is 10.8 Å². The maximum absolute atomic E-state index is 12.4. The van der Waals surface area contributed by atoms with E-state index in [0.717, 1.165) is 35.1 Å². The van der Waals surface area contributed by atoms with Gasteiger partial charge in [0.1, 0.15) is 0 Å². The number of fused-ring (bicyclic) bond motifs is 1. The minimum Gasteiger partial charge on any atom is -0.400 e. The first-order valence-corrected chi connectivity index (χ1v) is 9.58. The van der Waals surface area contributed by atoms with Crippen LogP contribution < -0.4 is 5.73 Å². The first-order chi connectivity index (χ1) is 14.6. The van der Waals surface area contributed by atoms with Crippen LogP contribution in [0.1, 0.15) is 27.2 Å². The van der Waals surface area contributed by atoms with E-state index in [1.807, 2.05) is 66.1 Å². The Labute approximate surface area is 175 Å². The van der Waals surface area contributed by atoms with E-state index >= 15 is 0 Å². The zero-order valence-corrected chi connectivity index (χ0v) is 17.0. The highest BCUT2D eigenvalue weighted by Gasteiger charge is 2.24. The molecule has 0 radical (unpaired) electrons. The summed E-state index contributed by atoms with van der Waals surface area (Å²) >= 11 is 0. The second-order valence-corrected chi connectivity index (χ2v) is 6.80. The van der Waals surface area contributed by atoms with E-state index in [2.05, 4.69) is 24.3 Å². The van der Waals surface area contributed by atoms with Gasteiger partial charge in [-0.2, -0.15) is 0 Å². The fraction of sp³-hybridized carbons (Fsp3) is 0.120. The Morgan fingerprint density at radius 3 is 2.23 bits per heavy atom. The summed E-state index contributed by atoms with van der Waals surface area (Å²) in [7, 11) is 1.00. The lowest BCUT2D eigenvalue weighted by atomic mass is 9.95. The van der Waals surface area contributed by atoms with Gasteiger partial charge in [0.2, 0.25) is 0 Å².